The van der Waals surface area contributed by atoms with E-state index < -0.39 is 17.7 Å². The quantitative estimate of drug-likeness (QED) is 0.338. The van der Waals surface area contributed by atoms with E-state index in [1.54, 1.807) is 19.1 Å². The maximum Gasteiger partial charge on any atom is 0.303 e. The number of fused-ring (bicyclic) bond motifs is 1. The zero-order valence-corrected chi connectivity index (χ0v) is 20.6. The first-order valence-corrected chi connectivity index (χ1v) is 12.0. The van der Waals surface area contributed by atoms with Crippen LogP contribution in [0.2, 0.25) is 0 Å². The number of amides is 1. The molecule has 4 aromatic rings. The van der Waals surface area contributed by atoms with Gasteiger partial charge in [0.15, 0.2) is 17.3 Å². The Bertz CT molecular complexity index is 1490. The molecular formula is C26H27FN6O4. The second-order valence-electron chi connectivity index (χ2n) is 9.29. The van der Waals surface area contributed by atoms with E-state index in [-0.39, 0.29) is 31.0 Å². The minimum atomic E-state index is -0.848. The molecule has 3 heterocycles. The van der Waals surface area contributed by atoms with E-state index in [0.29, 0.717) is 29.2 Å². The van der Waals surface area contributed by atoms with Gasteiger partial charge in [-0.15, -0.1) is 5.10 Å². The first-order chi connectivity index (χ1) is 17.8. The van der Waals surface area contributed by atoms with Gasteiger partial charge < -0.3 is 19.6 Å². The van der Waals surface area contributed by atoms with E-state index in [9.17, 15) is 14.0 Å². The lowest BCUT2D eigenvalue weighted by Crippen LogP contribution is -2.24. The molecule has 37 heavy (non-hydrogen) atoms. The van der Waals surface area contributed by atoms with Crippen LogP contribution in [0.5, 0.6) is 5.75 Å². The number of aryl methyl sites for hydroxylation is 2. The molecule has 5 rings (SSSR count). The SMILES string of the molecule is COc1ccc(C)c(CNC(=O)c2cn(Cc3cn4cc(C5CC5)cc(CCC(=O)O)c4n3)nn2)c1F. The monoisotopic (exact) mass is 506 g/mol. The van der Waals surface area contributed by atoms with Crippen molar-refractivity contribution in [2.45, 2.75) is 51.6 Å². The fraction of sp³-hybridized carbons (Fsp3) is 0.346. The number of carbonyl (C=O) groups excluding carboxylic acids is 1. The van der Waals surface area contributed by atoms with E-state index in [4.69, 9.17) is 14.8 Å². The van der Waals surface area contributed by atoms with Crippen molar-refractivity contribution < 1.29 is 23.8 Å². The predicted molar refractivity (Wildman–Crippen MR) is 131 cm³/mol. The number of hydrogen-bond acceptors (Lipinski definition) is 6. The number of benzene rings is 1. The highest BCUT2D eigenvalue weighted by atomic mass is 19.1. The topological polar surface area (TPSA) is 124 Å². The van der Waals surface area contributed by atoms with E-state index in [0.717, 1.165) is 24.1 Å². The summed E-state index contributed by atoms with van der Waals surface area (Å²) in [4.78, 5) is 28.5. The zero-order valence-electron chi connectivity index (χ0n) is 20.6. The van der Waals surface area contributed by atoms with Crippen molar-refractivity contribution in [3.8, 4) is 5.75 Å². The largest absolute Gasteiger partial charge is 0.494 e. The molecule has 1 fully saturated rings. The second kappa shape index (κ2) is 10.00. The number of hydrogen-bond donors (Lipinski definition) is 2. The Hall–Kier alpha value is -4.28. The number of rotatable bonds is 10. The fourth-order valence-electron chi connectivity index (χ4n) is 4.36. The highest BCUT2D eigenvalue weighted by molar-refractivity contribution is 5.91. The molecule has 0 bridgehead atoms. The number of aromatic nitrogens is 5. The van der Waals surface area contributed by atoms with E-state index in [1.807, 2.05) is 16.8 Å². The molecule has 10 nitrogen and oxygen atoms in total. The van der Waals surface area contributed by atoms with Crippen molar-refractivity contribution in [1.82, 2.24) is 29.7 Å². The zero-order chi connectivity index (χ0) is 26.1. The van der Waals surface area contributed by atoms with Crippen LogP contribution in [0.25, 0.3) is 5.65 Å². The van der Waals surface area contributed by atoms with Crippen LogP contribution in [0.15, 0.2) is 36.8 Å². The molecule has 3 aromatic heterocycles. The summed E-state index contributed by atoms with van der Waals surface area (Å²) in [5, 5.41) is 19.8. The van der Waals surface area contributed by atoms with Crippen molar-refractivity contribution in [1.29, 1.82) is 0 Å². The molecule has 0 radical (unpaired) electrons. The Morgan fingerprint density at radius 2 is 2.05 bits per heavy atom. The number of halogens is 1. The maximum atomic E-state index is 14.6. The Morgan fingerprint density at radius 1 is 1.24 bits per heavy atom. The van der Waals surface area contributed by atoms with E-state index >= 15 is 0 Å². The summed E-state index contributed by atoms with van der Waals surface area (Å²) in [5.41, 5.74) is 4.65. The van der Waals surface area contributed by atoms with Crippen LogP contribution >= 0.6 is 0 Å². The Labute approximate surface area is 212 Å². The van der Waals surface area contributed by atoms with Gasteiger partial charge in [0.2, 0.25) is 0 Å². The number of carbonyl (C=O) groups is 2. The van der Waals surface area contributed by atoms with Crippen LogP contribution in [0.4, 0.5) is 4.39 Å². The van der Waals surface area contributed by atoms with Gasteiger partial charge in [0, 0.05) is 30.9 Å². The summed E-state index contributed by atoms with van der Waals surface area (Å²) in [7, 11) is 1.39. The van der Waals surface area contributed by atoms with Gasteiger partial charge in [-0.25, -0.2) is 14.1 Å². The maximum absolute atomic E-state index is 14.6. The van der Waals surface area contributed by atoms with E-state index in [1.165, 1.54) is 23.6 Å². The van der Waals surface area contributed by atoms with Gasteiger partial charge in [0.05, 0.1) is 25.5 Å². The second-order valence-corrected chi connectivity index (χ2v) is 9.29. The lowest BCUT2D eigenvalue weighted by Gasteiger charge is -2.11. The Kier molecular flexibility index (Phi) is 6.60. The van der Waals surface area contributed by atoms with Gasteiger partial charge in [-0.2, -0.15) is 0 Å². The molecule has 192 valence electrons. The summed E-state index contributed by atoms with van der Waals surface area (Å²) < 4.78 is 23.0. The van der Waals surface area contributed by atoms with Crippen LogP contribution in [-0.4, -0.2) is 48.5 Å². The number of nitrogens with one attached hydrogen (secondary N) is 1. The third kappa shape index (κ3) is 5.30. The molecule has 1 saturated carbocycles. The number of methoxy groups -OCH3 is 1. The fourth-order valence-corrected chi connectivity index (χ4v) is 4.36. The smallest absolute Gasteiger partial charge is 0.303 e. The van der Waals surface area contributed by atoms with Crippen LogP contribution in [-0.2, 0) is 24.3 Å². The summed E-state index contributed by atoms with van der Waals surface area (Å²) >= 11 is 0. The summed E-state index contributed by atoms with van der Waals surface area (Å²) in [6.45, 7) is 2.02. The van der Waals surface area contributed by atoms with Gasteiger partial charge in [-0.3, -0.25) is 9.59 Å². The van der Waals surface area contributed by atoms with Crippen LogP contribution in [0, 0.1) is 12.7 Å². The van der Waals surface area contributed by atoms with Gasteiger partial charge in [0.25, 0.3) is 5.91 Å². The average molecular weight is 507 g/mol. The van der Waals surface area contributed by atoms with Crippen LogP contribution in [0.1, 0.15) is 63.6 Å². The van der Waals surface area contributed by atoms with Crippen molar-refractivity contribution in [2.24, 2.45) is 0 Å². The van der Waals surface area contributed by atoms with Crippen molar-refractivity contribution in [2.75, 3.05) is 7.11 Å². The van der Waals surface area contributed by atoms with Gasteiger partial charge in [-0.1, -0.05) is 17.3 Å². The predicted octanol–water partition coefficient (Wildman–Crippen LogP) is 3.25. The molecule has 0 unspecified atom stereocenters. The molecular weight excluding hydrogens is 479 g/mol. The summed E-state index contributed by atoms with van der Waals surface area (Å²) in [5.74, 6) is -1.20. The van der Waals surface area contributed by atoms with Gasteiger partial charge >= 0.3 is 5.97 Å². The number of carboxylic acids is 1. The molecule has 11 heteroatoms. The number of aliphatic carboxylic acids is 1. The first-order valence-electron chi connectivity index (χ1n) is 12.0. The highest BCUT2D eigenvalue weighted by Crippen LogP contribution is 2.40. The summed E-state index contributed by atoms with van der Waals surface area (Å²) in [6.07, 6.45) is 8.16. The average Bonchev–Trinajstić information content (AvgIpc) is 3.48. The Morgan fingerprint density at radius 3 is 2.78 bits per heavy atom. The van der Waals surface area contributed by atoms with Gasteiger partial charge in [0.1, 0.15) is 5.65 Å². The highest BCUT2D eigenvalue weighted by Gasteiger charge is 2.25. The standard InChI is InChI=1S/C26H27FN6O4/c1-15-3-7-22(37-2)24(27)20(15)10-28-26(36)21-14-33(31-30-21)13-19-12-32-11-18(16-4-5-16)9-17(25(32)29-19)6-8-23(34)35/h3,7,9,11-12,14,16H,4-6,8,10,13H2,1-2H3,(H,28,36)(H,34,35). The van der Waals surface area contributed by atoms with Crippen LogP contribution in [0.3, 0.4) is 0 Å². The van der Waals surface area contributed by atoms with Gasteiger partial charge in [-0.05, 0) is 54.9 Å². The normalized spacial score (nSPS) is 13.2. The molecule has 1 amide bonds. The lowest BCUT2D eigenvalue weighted by molar-refractivity contribution is -0.136. The number of carboxylic acid groups (broad SMARTS) is 1. The molecule has 1 aliphatic rings. The van der Waals surface area contributed by atoms with Crippen LogP contribution < -0.4 is 10.1 Å². The lowest BCUT2D eigenvalue weighted by atomic mass is 10.1. The minimum Gasteiger partial charge on any atom is -0.494 e. The minimum absolute atomic E-state index is 0.0184. The molecule has 0 aliphatic heterocycles. The Balaban J connectivity index is 1.30. The van der Waals surface area contributed by atoms with Crippen molar-refractivity contribution >= 4 is 17.5 Å². The molecule has 0 spiro atoms. The molecule has 1 aliphatic carbocycles. The molecule has 0 atom stereocenters. The molecule has 0 saturated heterocycles. The molecule has 2 N–H and O–H groups in total. The third-order valence-corrected chi connectivity index (χ3v) is 6.54. The summed E-state index contributed by atoms with van der Waals surface area (Å²) in [6, 6.07) is 5.34. The van der Waals surface area contributed by atoms with Crippen molar-refractivity contribution in [3.63, 3.8) is 0 Å². The third-order valence-electron chi connectivity index (χ3n) is 6.54. The number of nitrogens with zero attached hydrogens (tertiary/aromatic N) is 5. The number of imidazole rings is 1. The van der Waals surface area contributed by atoms with E-state index in [2.05, 4.69) is 21.7 Å². The number of pyridine rings is 1. The molecule has 1 aromatic carbocycles. The first kappa shape index (κ1) is 24.4. The number of ether oxygens (including phenoxy) is 1. The van der Waals surface area contributed by atoms with Crippen molar-refractivity contribution in [3.05, 3.63) is 76.2 Å².